The number of methoxy groups -OCH3 is 1. The first-order valence-corrected chi connectivity index (χ1v) is 6.56. The number of rotatable bonds is 6. The lowest BCUT2D eigenvalue weighted by Gasteiger charge is -2.11. The topological polar surface area (TPSA) is 35.5 Å². The quantitative estimate of drug-likeness (QED) is 0.577. The van der Waals surface area contributed by atoms with Crippen LogP contribution in [0.25, 0.3) is 0 Å². The van der Waals surface area contributed by atoms with E-state index in [2.05, 4.69) is 6.92 Å². The van der Waals surface area contributed by atoms with Gasteiger partial charge in [0.05, 0.1) is 23.8 Å². The molecule has 0 aliphatic carbocycles. The van der Waals surface area contributed by atoms with Crippen molar-refractivity contribution in [3.8, 4) is 5.75 Å². The molecule has 0 atom stereocenters. The van der Waals surface area contributed by atoms with Crippen LogP contribution < -0.4 is 4.74 Å². The Kier molecular flexibility index (Phi) is 6.30. The minimum absolute atomic E-state index is 0.183. The smallest absolute Gasteiger partial charge is 0.343 e. The molecule has 1 rings (SSSR count). The van der Waals surface area contributed by atoms with Crippen molar-refractivity contribution in [3.05, 3.63) is 27.7 Å². The fourth-order valence-corrected chi connectivity index (χ4v) is 1.97. The summed E-state index contributed by atoms with van der Waals surface area (Å²) in [6, 6.07) is 3.13. The molecule has 1 aromatic carbocycles. The second-order valence-corrected chi connectivity index (χ2v) is 4.59. The van der Waals surface area contributed by atoms with Crippen LogP contribution in [0, 0.1) is 0 Å². The summed E-state index contributed by atoms with van der Waals surface area (Å²) in [6.07, 6.45) is 2.93. The van der Waals surface area contributed by atoms with Crippen molar-refractivity contribution in [1.29, 1.82) is 0 Å². The Balaban J connectivity index is 2.81. The summed E-state index contributed by atoms with van der Waals surface area (Å²) < 4.78 is 10.2. The number of carbonyl (C=O) groups is 1. The molecular weight excluding hydrogens is 275 g/mol. The van der Waals surface area contributed by atoms with E-state index in [1.807, 2.05) is 0 Å². The van der Waals surface area contributed by atoms with Gasteiger partial charge in [-0.05, 0) is 18.6 Å². The maximum atomic E-state index is 11.9. The van der Waals surface area contributed by atoms with Crippen LogP contribution in [0.1, 0.15) is 36.5 Å². The normalized spacial score (nSPS) is 10.2. The van der Waals surface area contributed by atoms with Crippen LogP contribution in [0.5, 0.6) is 5.75 Å². The van der Waals surface area contributed by atoms with Gasteiger partial charge in [-0.15, -0.1) is 0 Å². The summed E-state index contributed by atoms with van der Waals surface area (Å²) >= 11 is 11.9. The zero-order valence-corrected chi connectivity index (χ0v) is 12.0. The number of carbonyl (C=O) groups excluding carboxylic acids is 1. The molecule has 5 heteroatoms. The second-order valence-electron chi connectivity index (χ2n) is 3.78. The average Bonchev–Trinajstić information content (AvgIpc) is 2.36. The Morgan fingerprint density at radius 1 is 1.22 bits per heavy atom. The highest BCUT2D eigenvalue weighted by Crippen LogP contribution is 2.34. The first-order valence-electron chi connectivity index (χ1n) is 5.81. The highest BCUT2D eigenvalue weighted by Gasteiger charge is 2.20. The molecule has 0 aromatic heterocycles. The monoisotopic (exact) mass is 290 g/mol. The van der Waals surface area contributed by atoms with Crippen LogP contribution in [0.15, 0.2) is 12.1 Å². The molecule has 1 aromatic rings. The molecule has 0 N–H and O–H groups in total. The van der Waals surface area contributed by atoms with Crippen LogP contribution >= 0.6 is 23.2 Å². The summed E-state index contributed by atoms with van der Waals surface area (Å²) in [6.45, 7) is 2.46. The lowest BCUT2D eigenvalue weighted by atomic mass is 10.2. The Bertz CT molecular complexity index is 419. The SMILES string of the molecule is CCCCCOC(=O)c1c(Cl)ccc(Cl)c1OC. The molecule has 0 unspecified atom stereocenters. The molecule has 0 fully saturated rings. The average molecular weight is 291 g/mol. The molecule has 0 bridgehead atoms. The van der Waals surface area contributed by atoms with Crippen LogP contribution in [0.2, 0.25) is 10.0 Å². The lowest BCUT2D eigenvalue weighted by Crippen LogP contribution is -2.09. The Morgan fingerprint density at radius 2 is 1.89 bits per heavy atom. The van der Waals surface area contributed by atoms with Gasteiger partial charge in [-0.25, -0.2) is 4.79 Å². The molecule has 18 heavy (non-hydrogen) atoms. The summed E-state index contributed by atoms with van der Waals surface area (Å²) in [5, 5.41) is 0.610. The largest absolute Gasteiger partial charge is 0.494 e. The lowest BCUT2D eigenvalue weighted by molar-refractivity contribution is 0.0495. The molecule has 0 radical (unpaired) electrons. The van der Waals surface area contributed by atoms with Crippen molar-refractivity contribution in [2.45, 2.75) is 26.2 Å². The van der Waals surface area contributed by atoms with Gasteiger partial charge in [0, 0.05) is 0 Å². The van der Waals surface area contributed by atoms with Gasteiger partial charge in [-0.2, -0.15) is 0 Å². The summed E-state index contributed by atoms with van der Waals surface area (Å²) in [5.41, 5.74) is 0.183. The van der Waals surface area contributed by atoms with E-state index < -0.39 is 5.97 Å². The molecule has 0 heterocycles. The molecule has 0 spiro atoms. The van der Waals surface area contributed by atoms with Gasteiger partial charge < -0.3 is 9.47 Å². The predicted octanol–water partition coefficient (Wildman–Crippen LogP) is 4.35. The molecule has 3 nitrogen and oxygen atoms in total. The van der Waals surface area contributed by atoms with Gasteiger partial charge in [0.1, 0.15) is 5.56 Å². The predicted molar refractivity (Wildman–Crippen MR) is 72.8 cm³/mol. The number of esters is 1. The van der Waals surface area contributed by atoms with E-state index in [9.17, 15) is 4.79 Å². The molecule has 100 valence electrons. The number of ether oxygens (including phenoxy) is 2. The van der Waals surface area contributed by atoms with Gasteiger partial charge in [0.15, 0.2) is 5.75 Å². The van der Waals surface area contributed by atoms with Crippen LogP contribution in [-0.4, -0.2) is 19.7 Å². The molecule has 0 aliphatic heterocycles. The van der Waals surface area contributed by atoms with Gasteiger partial charge in [0.25, 0.3) is 0 Å². The van der Waals surface area contributed by atoms with Crippen LogP contribution in [0.3, 0.4) is 0 Å². The van der Waals surface area contributed by atoms with Crippen LogP contribution in [0.4, 0.5) is 0 Å². The van der Waals surface area contributed by atoms with Crippen molar-refractivity contribution in [1.82, 2.24) is 0 Å². The van der Waals surface area contributed by atoms with Crippen LogP contribution in [-0.2, 0) is 4.74 Å². The third-order valence-electron chi connectivity index (χ3n) is 2.45. The fraction of sp³-hybridized carbons (Fsp3) is 0.462. The first kappa shape index (κ1) is 15.1. The summed E-state index contributed by atoms with van der Waals surface area (Å²) in [5.74, 6) is -0.250. The van der Waals surface area contributed by atoms with E-state index >= 15 is 0 Å². The number of halogens is 2. The molecule has 0 aliphatic rings. The Morgan fingerprint density at radius 3 is 2.50 bits per heavy atom. The first-order chi connectivity index (χ1) is 8.61. The standard InChI is InChI=1S/C13H16Cl2O3/c1-3-4-5-8-18-13(16)11-9(14)6-7-10(15)12(11)17-2/h6-7H,3-5,8H2,1-2H3. The van der Waals surface area contributed by atoms with Gasteiger partial charge in [-0.3, -0.25) is 0 Å². The van der Waals surface area contributed by atoms with E-state index in [1.165, 1.54) is 7.11 Å². The third-order valence-corrected chi connectivity index (χ3v) is 3.06. The maximum Gasteiger partial charge on any atom is 0.343 e. The number of benzene rings is 1. The molecule has 0 saturated heterocycles. The maximum absolute atomic E-state index is 11.9. The van der Waals surface area contributed by atoms with Crippen molar-refractivity contribution < 1.29 is 14.3 Å². The van der Waals surface area contributed by atoms with E-state index in [1.54, 1.807) is 12.1 Å². The van der Waals surface area contributed by atoms with Gasteiger partial charge in [-0.1, -0.05) is 43.0 Å². The molecule has 0 amide bonds. The van der Waals surface area contributed by atoms with Crippen molar-refractivity contribution in [2.75, 3.05) is 13.7 Å². The minimum Gasteiger partial charge on any atom is -0.494 e. The van der Waals surface area contributed by atoms with Crippen molar-refractivity contribution >= 4 is 29.2 Å². The minimum atomic E-state index is -0.504. The highest BCUT2D eigenvalue weighted by atomic mass is 35.5. The summed E-state index contributed by atoms with van der Waals surface area (Å²) in [7, 11) is 1.44. The van der Waals surface area contributed by atoms with Gasteiger partial charge >= 0.3 is 5.97 Å². The zero-order valence-electron chi connectivity index (χ0n) is 10.5. The second kappa shape index (κ2) is 7.49. The van der Waals surface area contributed by atoms with E-state index in [0.717, 1.165) is 19.3 Å². The third kappa shape index (κ3) is 3.79. The molecule has 0 saturated carbocycles. The van der Waals surface area contributed by atoms with E-state index in [-0.39, 0.29) is 16.3 Å². The van der Waals surface area contributed by atoms with Gasteiger partial charge in [0.2, 0.25) is 0 Å². The Labute approximate surface area is 117 Å². The van der Waals surface area contributed by atoms with E-state index in [4.69, 9.17) is 32.7 Å². The highest BCUT2D eigenvalue weighted by molar-refractivity contribution is 6.37. The van der Waals surface area contributed by atoms with E-state index in [0.29, 0.717) is 11.6 Å². The van der Waals surface area contributed by atoms with Crippen molar-refractivity contribution in [3.63, 3.8) is 0 Å². The zero-order chi connectivity index (χ0) is 13.5. The fourth-order valence-electron chi connectivity index (χ4n) is 1.51. The number of hydrogen-bond donors (Lipinski definition) is 0. The summed E-state index contributed by atoms with van der Waals surface area (Å²) in [4.78, 5) is 11.9. The Hall–Kier alpha value is -0.930. The number of hydrogen-bond acceptors (Lipinski definition) is 3. The van der Waals surface area contributed by atoms with Crippen molar-refractivity contribution in [2.24, 2.45) is 0 Å². The molecular formula is C13H16Cl2O3. The number of unbranched alkanes of at least 4 members (excludes halogenated alkanes) is 2.